The van der Waals surface area contributed by atoms with Gasteiger partial charge >= 0.3 is 0 Å². The van der Waals surface area contributed by atoms with Gasteiger partial charge in [0.05, 0.1) is 5.69 Å². The minimum atomic E-state index is 0.317. The quantitative estimate of drug-likeness (QED) is 0.873. The Morgan fingerprint density at radius 1 is 1.35 bits per heavy atom. The molecule has 0 aliphatic heterocycles. The number of rotatable bonds is 4. The van der Waals surface area contributed by atoms with Gasteiger partial charge in [0.15, 0.2) is 0 Å². The molecule has 2 rings (SSSR count). The summed E-state index contributed by atoms with van der Waals surface area (Å²) in [5.74, 6) is 0. The number of nitrogens with zero attached hydrogens (tertiary/aromatic N) is 3. The minimum absolute atomic E-state index is 0.317. The van der Waals surface area contributed by atoms with Crippen LogP contribution in [0.15, 0.2) is 30.7 Å². The first-order valence-electron chi connectivity index (χ1n) is 5.79. The van der Waals surface area contributed by atoms with Gasteiger partial charge in [-0.1, -0.05) is 0 Å². The highest BCUT2D eigenvalue weighted by molar-refractivity contribution is 5.17. The van der Waals surface area contributed by atoms with Gasteiger partial charge < -0.3 is 5.32 Å². The molecule has 0 saturated carbocycles. The zero-order valence-corrected chi connectivity index (χ0v) is 10.5. The van der Waals surface area contributed by atoms with Crippen molar-refractivity contribution in [1.29, 1.82) is 0 Å². The minimum Gasteiger partial charge on any atom is -0.306 e. The van der Waals surface area contributed by atoms with Crippen molar-refractivity contribution in [3.05, 3.63) is 47.5 Å². The summed E-state index contributed by atoms with van der Waals surface area (Å²) in [7, 11) is 1.95. The third-order valence-corrected chi connectivity index (χ3v) is 2.92. The van der Waals surface area contributed by atoms with Gasteiger partial charge in [0.25, 0.3) is 0 Å². The third kappa shape index (κ3) is 2.91. The molecule has 90 valence electrons. The van der Waals surface area contributed by atoms with Gasteiger partial charge in [-0.15, -0.1) is 0 Å². The fraction of sp³-hybridized carbons (Fsp3) is 0.385. The Bertz CT molecular complexity index is 475. The standard InChI is InChI=1S/C13H18N4/c1-10(12-4-6-14-7-5-12)15-8-13-9-17(3)16-11(13)2/h4-7,9-10,15H,8H2,1-3H3/t10-/m0/s1. The van der Waals surface area contributed by atoms with Gasteiger partial charge in [-0.2, -0.15) is 5.10 Å². The van der Waals surface area contributed by atoms with Crippen molar-refractivity contribution in [3.8, 4) is 0 Å². The van der Waals surface area contributed by atoms with Gasteiger partial charge in [-0.25, -0.2) is 0 Å². The average molecular weight is 230 g/mol. The summed E-state index contributed by atoms with van der Waals surface area (Å²) in [6.45, 7) is 5.03. The molecular weight excluding hydrogens is 212 g/mol. The predicted octanol–water partition coefficient (Wildman–Crippen LogP) is 1.97. The summed E-state index contributed by atoms with van der Waals surface area (Å²) >= 11 is 0. The molecule has 0 saturated heterocycles. The number of nitrogens with one attached hydrogen (secondary N) is 1. The van der Waals surface area contributed by atoms with Gasteiger partial charge in [0, 0.05) is 43.8 Å². The van der Waals surface area contributed by atoms with Gasteiger partial charge in [0.1, 0.15) is 0 Å². The summed E-state index contributed by atoms with van der Waals surface area (Å²) in [6, 6.07) is 4.39. The molecule has 0 aromatic carbocycles. The summed E-state index contributed by atoms with van der Waals surface area (Å²) in [4.78, 5) is 4.02. The van der Waals surface area contributed by atoms with Crippen molar-refractivity contribution >= 4 is 0 Å². The van der Waals surface area contributed by atoms with Crippen LogP contribution in [-0.4, -0.2) is 14.8 Å². The molecule has 4 heteroatoms. The first-order chi connectivity index (χ1) is 8.16. The molecule has 2 aromatic heterocycles. The molecule has 2 aromatic rings. The van der Waals surface area contributed by atoms with Crippen LogP contribution < -0.4 is 5.32 Å². The van der Waals surface area contributed by atoms with Crippen molar-refractivity contribution in [3.63, 3.8) is 0 Å². The van der Waals surface area contributed by atoms with Crippen molar-refractivity contribution in [1.82, 2.24) is 20.1 Å². The predicted molar refractivity (Wildman–Crippen MR) is 67.4 cm³/mol. The van der Waals surface area contributed by atoms with Gasteiger partial charge in [0.2, 0.25) is 0 Å². The fourth-order valence-corrected chi connectivity index (χ4v) is 1.86. The molecular formula is C13H18N4. The van der Waals surface area contributed by atoms with Crippen molar-refractivity contribution in [2.24, 2.45) is 7.05 Å². The van der Waals surface area contributed by atoms with E-state index in [2.05, 4.69) is 28.5 Å². The van der Waals surface area contributed by atoms with E-state index in [4.69, 9.17) is 0 Å². The first-order valence-corrected chi connectivity index (χ1v) is 5.79. The second kappa shape index (κ2) is 5.10. The van der Waals surface area contributed by atoms with Crippen LogP contribution in [0.25, 0.3) is 0 Å². The number of pyridine rings is 1. The Morgan fingerprint density at radius 3 is 2.65 bits per heavy atom. The van der Waals surface area contributed by atoms with Crippen LogP contribution in [0.3, 0.4) is 0 Å². The van der Waals surface area contributed by atoms with Crippen LogP contribution in [0.2, 0.25) is 0 Å². The normalized spacial score (nSPS) is 12.6. The lowest BCUT2D eigenvalue weighted by Crippen LogP contribution is -2.18. The fourth-order valence-electron chi connectivity index (χ4n) is 1.86. The molecule has 0 fully saturated rings. The molecule has 1 N–H and O–H groups in total. The van der Waals surface area contributed by atoms with Gasteiger partial charge in [-0.3, -0.25) is 9.67 Å². The molecule has 0 radical (unpaired) electrons. The molecule has 1 atom stereocenters. The molecule has 2 heterocycles. The van der Waals surface area contributed by atoms with Crippen molar-refractivity contribution in [2.45, 2.75) is 26.4 Å². The Morgan fingerprint density at radius 2 is 2.06 bits per heavy atom. The lowest BCUT2D eigenvalue weighted by atomic mass is 10.1. The molecule has 17 heavy (non-hydrogen) atoms. The van der Waals surface area contributed by atoms with Crippen LogP contribution in [0.5, 0.6) is 0 Å². The number of hydrogen-bond acceptors (Lipinski definition) is 3. The smallest absolute Gasteiger partial charge is 0.0638 e. The van der Waals surface area contributed by atoms with Crippen LogP contribution in [-0.2, 0) is 13.6 Å². The van der Waals surface area contributed by atoms with Gasteiger partial charge in [-0.05, 0) is 31.5 Å². The molecule has 4 nitrogen and oxygen atoms in total. The summed E-state index contributed by atoms with van der Waals surface area (Å²) in [6.07, 6.45) is 5.70. The second-order valence-electron chi connectivity index (χ2n) is 4.30. The monoisotopic (exact) mass is 230 g/mol. The largest absolute Gasteiger partial charge is 0.306 e. The van der Waals surface area contributed by atoms with E-state index in [0.29, 0.717) is 6.04 Å². The van der Waals surface area contributed by atoms with Crippen molar-refractivity contribution in [2.75, 3.05) is 0 Å². The third-order valence-electron chi connectivity index (χ3n) is 2.92. The van der Waals surface area contributed by atoms with E-state index in [0.717, 1.165) is 12.2 Å². The summed E-state index contributed by atoms with van der Waals surface area (Å²) in [5.41, 5.74) is 3.58. The highest BCUT2D eigenvalue weighted by Crippen LogP contribution is 2.12. The Hall–Kier alpha value is -1.68. The van der Waals surface area contributed by atoms with Crippen LogP contribution in [0.1, 0.15) is 29.8 Å². The average Bonchev–Trinajstić information content (AvgIpc) is 2.66. The lowest BCUT2D eigenvalue weighted by molar-refractivity contribution is 0.573. The van der Waals surface area contributed by atoms with E-state index in [1.165, 1.54) is 11.1 Å². The first kappa shape index (κ1) is 11.8. The summed E-state index contributed by atoms with van der Waals surface area (Å²) < 4.78 is 1.85. The SMILES string of the molecule is Cc1nn(C)cc1CN[C@@H](C)c1ccncc1. The van der Waals surface area contributed by atoms with Crippen LogP contribution in [0.4, 0.5) is 0 Å². The molecule has 0 aliphatic rings. The highest BCUT2D eigenvalue weighted by atomic mass is 15.2. The van der Waals surface area contributed by atoms with E-state index in [1.807, 2.05) is 43.2 Å². The maximum absolute atomic E-state index is 4.33. The molecule has 0 amide bonds. The topological polar surface area (TPSA) is 42.7 Å². The second-order valence-corrected chi connectivity index (χ2v) is 4.30. The van der Waals surface area contributed by atoms with Crippen molar-refractivity contribution < 1.29 is 0 Å². The number of aromatic nitrogens is 3. The number of hydrogen-bond donors (Lipinski definition) is 1. The molecule has 0 bridgehead atoms. The Kier molecular flexibility index (Phi) is 3.54. The Labute approximate surface area is 102 Å². The maximum Gasteiger partial charge on any atom is 0.0638 e. The number of aryl methyl sites for hydroxylation is 2. The maximum atomic E-state index is 4.33. The zero-order valence-electron chi connectivity index (χ0n) is 10.5. The zero-order chi connectivity index (χ0) is 12.3. The Balaban J connectivity index is 1.97. The lowest BCUT2D eigenvalue weighted by Gasteiger charge is -2.13. The van der Waals surface area contributed by atoms with E-state index in [9.17, 15) is 0 Å². The van der Waals surface area contributed by atoms with Crippen LogP contribution in [0, 0.1) is 6.92 Å². The molecule has 0 spiro atoms. The summed E-state index contributed by atoms with van der Waals surface area (Å²) in [5, 5.41) is 7.82. The van der Waals surface area contributed by atoms with E-state index in [-0.39, 0.29) is 0 Å². The highest BCUT2D eigenvalue weighted by Gasteiger charge is 2.07. The molecule has 0 unspecified atom stereocenters. The van der Waals surface area contributed by atoms with E-state index < -0.39 is 0 Å². The van der Waals surface area contributed by atoms with E-state index in [1.54, 1.807) is 0 Å². The van der Waals surface area contributed by atoms with E-state index >= 15 is 0 Å². The molecule has 0 aliphatic carbocycles. The van der Waals surface area contributed by atoms with Crippen LogP contribution >= 0.6 is 0 Å².